The molecule has 1 aliphatic rings. The summed E-state index contributed by atoms with van der Waals surface area (Å²) in [5.74, 6) is -0.837. The summed E-state index contributed by atoms with van der Waals surface area (Å²) in [5.41, 5.74) is 7.00. The van der Waals surface area contributed by atoms with Crippen LogP contribution in [-0.4, -0.2) is 24.2 Å². The number of nitriles is 1. The lowest BCUT2D eigenvalue weighted by atomic mass is 9.71. The van der Waals surface area contributed by atoms with Crippen LogP contribution in [0.1, 0.15) is 63.6 Å². The smallest absolute Gasteiger partial charge is 0.305 e. The maximum Gasteiger partial charge on any atom is 0.305 e. The Morgan fingerprint density at radius 2 is 1.49 bits per heavy atom. The fourth-order valence-electron chi connectivity index (χ4n) is 8.80. The Kier molecular flexibility index (Phi) is 10.6. The summed E-state index contributed by atoms with van der Waals surface area (Å²) < 4.78 is 0. The Morgan fingerprint density at radius 1 is 0.855 bits per heavy atom. The summed E-state index contributed by atoms with van der Waals surface area (Å²) in [5, 5.41) is 30.6. The molecule has 55 heavy (non-hydrogen) atoms. The molecule has 1 unspecified atom stereocenters. The molecule has 0 fully saturated rings. The zero-order valence-corrected chi connectivity index (χ0v) is 32.3. The summed E-state index contributed by atoms with van der Waals surface area (Å²) >= 11 is 0. The Balaban J connectivity index is 1.31. The molecule has 0 saturated carbocycles. The SMILES string of the molecule is CCCN1/C(=C/C=C(C#N)/C=C/CC(C)(Cc2ccccc2)c2c(NCCC(=O)O)c3ccccc3c3ccccc23)C(C)(C)c2c1ccc1ccccc21. The van der Waals surface area contributed by atoms with Crippen LogP contribution < -0.4 is 10.2 Å². The van der Waals surface area contributed by atoms with Crippen LogP contribution in [0.25, 0.3) is 32.3 Å². The zero-order chi connectivity index (χ0) is 38.6. The molecule has 1 aliphatic heterocycles. The molecule has 1 heterocycles. The van der Waals surface area contributed by atoms with E-state index >= 15 is 0 Å². The zero-order valence-electron chi connectivity index (χ0n) is 32.3. The number of carboxylic acids is 1. The fraction of sp³-hybridized carbons (Fsp3) is 0.240. The number of hydrogen-bond acceptors (Lipinski definition) is 4. The summed E-state index contributed by atoms with van der Waals surface area (Å²) in [6.07, 6.45) is 10.7. The predicted molar refractivity (Wildman–Crippen MR) is 230 cm³/mol. The maximum absolute atomic E-state index is 11.7. The van der Waals surface area contributed by atoms with Crippen molar-refractivity contribution in [2.24, 2.45) is 0 Å². The van der Waals surface area contributed by atoms with Gasteiger partial charge in [-0.3, -0.25) is 4.79 Å². The molecular weight excluding hydrogens is 675 g/mol. The average molecular weight is 724 g/mol. The predicted octanol–water partition coefficient (Wildman–Crippen LogP) is 12.0. The molecule has 0 aromatic heterocycles. The van der Waals surface area contributed by atoms with Crippen molar-refractivity contribution in [2.45, 2.75) is 64.2 Å². The first-order chi connectivity index (χ1) is 26.7. The van der Waals surface area contributed by atoms with E-state index in [0.29, 0.717) is 18.5 Å². The van der Waals surface area contributed by atoms with Crippen molar-refractivity contribution in [3.05, 3.63) is 168 Å². The standard InChI is InChI=1S/C50H49N3O2/c1-5-32-53-43-27-26-37-19-9-10-20-38(37)46(43)49(2,3)44(53)28-25-36(34-51)18-15-30-50(4,33-35-16-7-6-8-17-35)47-41-23-13-11-21-39(41)40-22-12-14-24-42(40)48(47)52-31-29-45(54)55/h6-28,52H,5,29-33H2,1-4H3,(H,54,55)/b18-15+,36-25-,44-28+. The van der Waals surface area contributed by atoms with Gasteiger partial charge in [0.25, 0.3) is 0 Å². The highest BCUT2D eigenvalue weighted by Gasteiger charge is 2.40. The Hall–Kier alpha value is -6.12. The van der Waals surface area contributed by atoms with E-state index in [9.17, 15) is 15.2 Å². The largest absolute Gasteiger partial charge is 0.481 e. The second-order valence-corrected chi connectivity index (χ2v) is 15.5. The molecular formula is C50H49N3O2. The second-order valence-electron chi connectivity index (χ2n) is 15.5. The van der Waals surface area contributed by atoms with Gasteiger partial charge in [0.2, 0.25) is 0 Å². The Morgan fingerprint density at radius 3 is 2.18 bits per heavy atom. The van der Waals surface area contributed by atoms with Crippen molar-refractivity contribution in [1.29, 1.82) is 5.26 Å². The molecule has 7 rings (SSSR count). The van der Waals surface area contributed by atoms with Crippen molar-refractivity contribution in [2.75, 3.05) is 23.3 Å². The van der Waals surface area contributed by atoms with E-state index in [2.05, 4.69) is 159 Å². The maximum atomic E-state index is 11.7. The van der Waals surface area contributed by atoms with Gasteiger partial charge in [-0.25, -0.2) is 0 Å². The minimum Gasteiger partial charge on any atom is -0.481 e. The summed E-state index contributed by atoms with van der Waals surface area (Å²) in [6, 6.07) is 43.0. The van der Waals surface area contributed by atoms with Gasteiger partial charge in [0.15, 0.2) is 0 Å². The number of carboxylic acid groups (broad SMARTS) is 1. The van der Waals surface area contributed by atoms with Crippen molar-refractivity contribution in [1.82, 2.24) is 0 Å². The molecule has 5 nitrogen and oxygen atoms in total. The minimum atomic E-state index is -0.837. The molecule has 0 bridgehead atoms. The number of hydrogen-bond donors (Lipinski definition) is 2. The third kappa shape index (κ3) is 7.25. The first kappa shape index (κ1) is 37.2. The van der Waals surface area contributed by atoms with Crippen LogP contribution in [0.4, 0.5) is 11.4 Å². The van der Waals surface area contributed by atoms with Crippen LogP contribution in [0.2, 0.25) is 0 Å². The quantitative estimate of drug-likeness (QED) is 0.0705. The number of nitrogens with zero attached hydrogens (tertiary/aromatic N) is 2. The Bertz CT molecular complexity index is 2520. The van der Waals surface area contributed by atoms with Gasteiger partial charge in [-0.05, 0) is 87.2 Å². The number of benzene rings is 6. The summed E-state index contributed by atoms with van der Waals surface area (Å²) in [6.45, 7) is 10.3. The molecule has 0 spiro atoms. The first-order valence-corrected chi connectivity index (χ1v) is 19.4. The second kappa shape index (κ2) is 15.7. The molecule has 5 heteroatoms. The molecule has 0 saturated heterocycles. The normalized spacial score (nSPS) is 15.8. The molecule has 6 aromatic rings. The molecule has 6 aromatic carbocycles. The number of fused-ring (bicyclic) bond motifs is 6. The van der Waals surface area contributed by atoms with E-state index in [1.165, 1.54) is 33.3 Å². The van der Waals surface area contributed by atoms with Crippen LogP contribution in [0.15, 0.2) is 151 Å². The number of aliphatic carboxylic acids is 1. The molecule has 0 radical (unpaired) electrons. The fourth-order valence-corrected chi connectivity index (χ4v) is 8.80. The van der Waals surface area contributed by atoms with Crippen molar-refractivity contribution < 1.29 is 9.90 Å². The van der Waals surface area contributed by atoms with Gasteiger partial charge >= 0.3 is 5.97 Å². The van der Waals surface area contributed by atoms with Gasteiger partial charge in [0, 0.05) is 46.4 Å². The van der Waals surface area contributed by atoms with Crippen molar-refractivity contribution in [3.63, 3.8) is 0 Å². The van der Waals surface area contributed by atoms with E-state index in [1.807, 2.05) is 24.3 Å². The number of nitrogens with one attached hydrogen (secondary N) is 1. The Labute approximate surface area is 324 Å². The van der Waals surface area contributed by atoms with Gasteiger partial charge in [0.05, 0.1) is 18.1 Å². The van der Waals surface area contributed by atoms with E-state index in [1.54, 1.807) is 0 Å². The third-order valence-electron chi connectivity index (χ3n) is 11.2. The van der Waals surface area contributed by atoms with Crippen molar-refractivity contribution in [3.8, 4) is 6.07 Å². The summed E-state index contributed by atoms with van der Waals surface area (Å²) in [4.78, 5) is 14.1. The number of rotatable bonds is 13. The third-order valence-corrected chi connectivity index (χ3v) is 11.2. The average Bonchev–Trinajstić information content (AvgIpc) is 3.41. The number of carbonyl (C=O) groups is 1. The highest BCUT2D eigenvalue weighted by Crippen LogP contribution is 2.51. The molecule has 2 N–H and O–H groups in total. The van der Waals surface area contributed by atoms with Crippen LogP contribution in [0.5, 0.6) is 0 Å². The van der Waals surface area contributed by atoms with Crippen molar-refractivity contribution >= 4 is 49.7 Å². The van der Waals surface area contributed by atoms with Crippen LogP contribution >= 0.6 is 0 Å². The minimum absolute atomic E-state index is 0.00945. The topological polar surface area (TPSA) is 76.4 Å². The lowest BCUT2D eigenvalue weighted by molar-refractivity contribution is -0.136. The van der Waals surface area contributed by atoms with Gasteiger partial charge in [-0.2, -0.15) is 5.26 Å². The van der Waals surface area contributed by atoms with Crippen LogP contribution in [-0.2, 0) is 22.0 Å². The van der Waals surface area contributed by atoms with Gasteiger partial charge < -0.3 is 15.3 Å². The molecule has 0 aliphatic carbocycles. The van der Waals surface area contributed by atoms with Gasteiger partial charge in [0.1, 0.15) is 0 Å². The van der Waals surface area contributed by atoms with Gasteiger partial charge in [-0.15, -0.1) is 0 Å². The number of anilines is 2. The monoisotopic (exact) mass is 723 g/mol. The van der Waals surface area contributed by atoms with Crippen LogP contribution in [0, 0.1) is 11.3 Å². The number of allylic oxidation sites excluding steroid dienone is 6. The molecule has 1 atom stereocenters. The molecule has 0 amide bonds. The lowest BCUT2D eigenvalue weighted by Gasteiger charge is -2.34. The highest BCUT2D eigenvalue weighted by molar-refractivity contribution is 6.15. The van der Waals surface area contributed by atoms with E-state index in [-0.39, 0.29) is 11.8 Å². The van der Waals surface area contributed by atoms with Crippen LogP contribution in [0.3, 0.4) is 0 Å². The summed E-state index contributed by atoms with van der Waals surface area (Å²) in [7, 11) is 0. The van der Waals surface area contributed by atoms with E-state index in [4.69, 9.17) is 0 Å². The van der Waals surface area contributed by atoms with E-state index in [0.717, 1.165) is 52.2 Å². The first-order valence-electron chi connectivity index (χ1n) is 19.4. The molecule has 276 valence electrons. The lowest BCUT2D eigenvalue weighted by Crippen LogP contribution is -2.27. The van der Waals surface area contributed by atoms with Gasteiger partial charge in [-0.1, -0.05) is 143 Å². The highest BCUT2D eigenvalue weighted by atomic mass is 16.4. The van der Waals surface area contributed by atoms with E-state index < -0.39 is 11.4 Å².